The Kier molecular flexibility index (Phi) is 2.22. The minimum atomic E-state index is -2.93. The number of likely N-dealkylation sites (N-methyl/N-ethyl adjacent to an activating group) is 1. The van der Waals surface area contributed by atoms with Gasteiger partial charge in [0.15, 0.2) is 0 Å². The van der Waals surface area contributed by atoms with Crippen LogP contribution >= 0.6 is 0 Å². The maximum atomic E-state index is 10.9. The van der Waals surface area contributed by atoms with Gasteiger partial charge in [0.2, 0.25) is 10.0 Å². The van der Waals surface area contributed by atoms with E-state index in [4.69, 9.17) is 0 Å². The third kappa shape index (κ3) is 1.91. The lowest BCUT2D eigenvalue weighted by molar-refractivity contribution is 0.134. The summed E-state index contributed by atoms with van der Waals surface area (Å²) >= 11 is 0. The van der Waals surface area contributed by atoms with E-state index in [1.807, 2.05) is 19.0 Å². The van der Waals surface area contributed by atoms with Crippen molar-refractivity contribution in [2.24, 2.45) is 0 Å². The van der Waals surface area contributed by atoms with Crippen molar-refractivity contribution in [1.29, 1.82) is 0 Å². The van der Waals surface area contributed by atoms with E-state index in [0.29, 0.717) is 19.1 Å². The Hall–Kier alpha value is -0.130. The first-order valence-corrected chi connectivity index (χ1v) is 5.37. The SMILES string of the molecule is CN(C)C1CN(S(C)(=O)=O)C1. The van der Waals surface area contributed by atoms with Crippen LogP contribution in [0.5, 0.6) is 0 Å². The molecule has 0 aromatic rings. The summed E-state index contributed by atoms with van der Waals surface area (Å²) in [6, 6.07) is 0.407. The van der Waals surface area contributed by atoms with Gasteiger partial charge in [-0.15, -0.1) is 0 Å². The smallest absolute Gasteiger partial charge is 0.211 e. The Morgan fingerprint density at radius 3 is 2.09 bits per heavy atom. The highest BCUT2D eigenvalue weighted by molar-refractivity contribution is 7.88. The second-order valence-electron chi connectivity index (χ2n) is 3.20. The van der Waals surface area contributed by atoms with Crippen LogP contribution in [0.25, 0.3) is 0 Å². The fourth-order valence-corrected chi connectivity index (χ4v) is 1.90. The fraction of sp³-hybridized carbons (Fsp3) is 1.00. The maximum Gasteiger partial charge on any atom is 0.211 e. The molecule has 1 aliphatic heterocycles. The van der Waals surface area contributed by atoms with Crippen LogP contribution in [0, 0.1) is 0 Å². The average molecular weight is 178 g/mol. The van der Waals surface area contributed by atoms with E-state index in [1.165, 1.54) is 10.6 Å². The van der Waals surface area contributed by atoms with Crippen molar-refractivity contribution in [2.45, 2.75) is 6.04 Å². The second-order valence-corrected chi connectivity index (χ2v) is 5.18. The fourth-order valence-electron chi connectivity index (χ4n) is 1.01. The van der Waals surface area contributed by atoms with Crippen LogP contribution in [0.4, 0.5) is 0 Å². The maximum absolute atomic E-state index is 10.9. The lowest BCUT2D eigenvalue weighted by Gasteiger charge is -2.40. The number of hydrogen-bond donors (Lipinski definition) is 0. The molecule has 1 heterocycles. The Morgan fingerprint density at radius 1 is 1.36 bits per heavy atom. The molecule has 1 saturated heterocycles. The van der Waals surface area contributed by atoms with Crippen molar-refractivity contribution in [3.8, 4) is 0 Å². The van der Waals surface area contributed by atoms with E-state index in [-0.39, 0.29) is 0 Å². The highest BCUT2D eigenvalue weighted by Crippen LogP contribution is 2.14. The van der Waals surface area contributed by atoms with Gasteiger partial charge in [-0.25, -0.2) is 8.42 Å². The Morgan fingerprint density at radius 2 is 1.82 bits per heavy atom. The van der Waals surface area contributed by atoms with E-state index in [1.54, 1.807) is 0 Å². The Bertz CT molecular complexity index is 229. The zero-order chi connectivity index (χ0) is 8.65. The minimum absolute atomic E-state index is 0.407. The molecule has 1 fully saturated rings. The molecule has 66 valence electrons. The molecular formula is C6H14N2O2S. The largest absolute Gasteiger partial charge is 0.304 e. The van der Waals surface area contributed by atoms with Gasteiger partial charge in [0, 0.05) is 19.1 Å². The molecule has 0 aromatic carbocycles. The van der Waals surface area contributed by atoms with E-state index in [2.05, 4.69) is 0 Å². The van der Waals surface area contributed by atoms with Crippen LogP contribution in [0.15, 0.2) is 0 Å². The monoisotopic (exact) mass is 178 g/mol. The van der Waals surface area contributed by atoms with Gasteiger partial charge in [-0.1, -0.05) is 0 Å². The van der Waals surface area contributed by atoms with Crippen LogP contribution in [-0.2, 0) is 10.0 Å². The van der Waals surface area contributed by atoms with Crippen LogP contribution in [-0.4, -0.2) is 57.1 Å². The van der Waals surface area contributed by atoms with Crippen molar-refractivity contribution in [3.63, 3.8) is 0 Å². The summed E-state index contributed by atoms with van der Waals surface area (Å²) in [6.07, 6.45) is 1.25. The summed E-state index contributed by atoms with van der Waals surface area (Å²) < 4.78 is 23.3. The van der Waals surface area contributed by atoms with Gasteiger partial charge in [0.25, 0.3) is 0 Å². The summed E-state index contributed by atoms with van der Waals surface area (Å²) in [6.45, 7) is 1.29. The van der Waals surface area contributed by atoms with E-state index in [0.717, 1.165) is 0 Å². The van der Waals surface area contributed by atoms with Crippen molar-refractivity contribution < 1.29 is 8.42 Å². The standard InChI is InChI=1S/C6H14N2O2S/c1-7(2)6-4-8(5-6)11(3,9)10/h6H,4-5H2,1-3H3. The average Bonchev–Trinajstić information content (AvgIpc) is 1.51. The molecule has 0 radical (unpaired) electrons. The molecule has 0 unspecified atom stereocenters. The van der Waals surface area contributed by atoms with Crippen molar-refractivity contribution in [1.82, 2.24) is 9.21 Å². The molecule has 1 aliphatic rings. The molecule has 5 heteroatoms. The van der Waals surface area contributed by atoms with Gasteiger partial charge >= 0.3 is 0 Å². The van der Waals surface area contributed by atoms with Crippen molar-refractivity contribution >= 4 is 10.0 Å². The van der Waals surface area contributed by atoms with Crippen LogP contribution in [0.1, 0.15) is 0 Å². The highest BCUT2D eigenvalue weighted by atomic mass is 32.2. The number of sulfonamides is 1. The summed E-state index contributed by atoms with van der Waals surface area (Å²) in [5.41, 5.74) is 0. The lowest BCUT2D eigenvalue weighted by Crippen LogP contribution is -2.58. The molecule has 0 N–H and O–H groups in total. The topological polar surface area (TPSA) is 40.6 Å². The molecule has 0 spiro atoms. The predicted octanol–water partition coefficient (Wildman–Crippen LogP) is -0.808. The molecule has 0 aromatic heterocycles. The van der Waals surface area contributed by atoms with Crippen LogP contribution in [0.2, 0.25) is 0 Å². The normalized spacial score (nSPS) is 22.2. The number of nitrogens with zero attached hydrogens (tertiary/aromatic N) is 2. The molecular weight excluding hydrogens is 164 g/mol. The third-order valence-corrected chi connectivity index (χ3v) is 3.26. The molecule has 0 aliphatic carbocycles. The molecule has 0 atom stereocenters. The summed E-state index contributed by atoms with van der Waals surface area (Å²) in [5, 5.41) is 0. The van der Waals surface area contributed by atoms with Gasteiger partial charge in [-0.3, -0.25) is 0 Å². The molecule has 0 saturated carbocycles. The van der Waals surface area contributed by atoms with Crippen LogP contribution < -0.4 is 0 Å². The summed E-state index contributed by atoms with van der Waals surface area (Å²) in [4.78, 5) is 2.04. The zero-order valence-corrected chi connectivity index (χ0v) is 7.93. The predicted molar refractivity (Wildman–Crippen MR) is 43.9 cm³/mol. The van der Waals surface area contributed by atoms with Gasteiger partial charge in [-0.05, 0) is 14.1 Å². The molecule has 11 heavy (non-hydrogen) atoms. The Balaban J connectivity index is 2.42. The van der Waals surface area contributed by atoms with Gasteiger partial charge in [0.05, 0.1) is 6.26 Å². The number of rotatable bonds is 2. The quantitative estimate of drug-likeness (QED) is 0.555. The first-order chi connectivity index (χ1) is 4.91. The molecule has 0 bridgehead atoms. The van der Waals surface area contributed by atoms with E-state index >= 15 is 0 Å². The molecule has 4 nitrogen and oxygen atoms in total. The van der Waals surface area contributed by atoms with Gasteiger partial charge in [0.1, 0.15) is 0 Å². The van der Waals surface area contributed by atoms with Gasteiger partial charge in [-0.2, -0.15) is 4.31 Å². The first-order valence-electron chi connectivity index (χ1n) is 3.53. The second kappa shape index (κ2) is 2.73. The van der Waals surface area contributed by atoms with Crippen molar-refractivity contribution in [2.75, 3.05) is 33.4 Å². The number of hydrogen-bond acceptors (Lipinski definition) is 3. The van der Waals surface area contributed by atoms with E-state index in [9.17, 15) is 8.42 Å². The molecule has 1 rings (SSSR count). The first kappa shape index (κ1) is 8.96. The van der Waals surface area contributed by atoms with Crippen LogP contribution in [0.3, 0.4) is 0 Å². The third-order valence-electron chi connectivity index (χ3n) is 2.03. The van der Waals surface area contributed by atoms with Crippen molar-refractivity contribution in [3.05, 3.63) is 0 Å². The zero-order valence-electron chi connectivity index (χ0n) is 7.11. The van der Waals surface area contributed by atoms with Gasteiger partial charge < -0.3 is 4.90 Å². The minimum Gasteiger partial charge on any atom is -0.304 e. The van der Waals surface area contributed by atoms with E-state index < -0.39 is 10.0 Å². The molecule has 0 amide bonds. The summed E-state index contributed by atoms with van der Waals surface area (Å²) in [7, 11) is 0.999. The summed E-state index contributed by atoms with van der Waals surface area (Å²) in [5.74, 6) is 0. The lowest BCUT2D eigenvalue weighted by atomic mass is 10.2. The highest BCUT2D eigenvalue weighted by Gasteiger charge is 2.33. The Labute approximate surface area is 67.8 Å².